The van der Waals surface area contributed by atoms with E-state index in [-0.39, 0.29) is 32.0 Å². The quantitative estimate of drug-likeness (QED) is 0.148. The third-order valence-corrected chi connectivity index (χ3v) is 9.71. The number of nitrogens with one attached hydrogen (secondary N) is 2. The number of aryl methyl sites for hydroxylation is 1. The first-order valence-electron chi connectivity index (χ1n) is 24.2. The summed E-state index contributed by atoms with van der Waals surface area (Å²) in [5.41, 5.74) is -2.08. The van der Waals surface area contributed by atoms with Crippen LogP contribution in [0.4, 0.5) is 14.4 Å². The predicted octanol–water partition coefficient (Wildman–Crippen LogP) is 6.35. The van der Waals surface area contributed by atoms with E-state index in [0.29, 0.717) is 77.3 Å². The van der Waals surface area contributed by atoms with Crippen LogP contribution in [-0.2, 0) is 51.2 Å². The van der Waals surface area contributed by atoms with Gasteiger partial charge in [-0.05, 0) is 92.9 Å². The zero-order valence-electron chi connectivity index (χ0n) is 44.5. The second kappa shape index (κ2) is 25.8. The number of ether oxygens (including phenoxy) is 5. The summed E-state index contributed by atoms with van der Waals surface area (Å²) < 4.78 is 29.6. The van der Waals surface area contributed by atoms with Crippen molar-refractivity contribution in [2.75, 3.05) is 58.9 Å². The Kier molecular flexibility index (Phi) is 22.5. The normalized spacial score (nSPS) is 18.6. The molecular weight excluding hydrogens is 879 g/mol. The van der Waals surface area contributed by atoms with Crippen molar-refractivity contribution in [1.29, 1.82) is 0 Å². The Hall–Kier alpha value is -4.72. The molecule has 2 atom stereocenters. The third-order valence-electron chi connectivity index (χ3n) is 9.71. The van der Waals surface area contributed by atoms with Gasteiger partial charge in [0.25, 0.3) is 0 Å². The van der Waals surface area contributed by atoms with Gasteiger partial charge in [0, 0.05) is 92.0 Å². The Morgan fingerprint density at radius 1 is 0.735 bits per heavy atom. The van der Waals surface area contributed by atoms with Crippen LogP contribution in [-0.4, -0.2) is 164 Å². The van der Waals surface area contributed by atoms with Gasteiger partial charge in [-0.2, -0.15) is 0 Å². The van der Waals surface area contributed by atoms with Gasteiger partial charge in [-0.3, -0.25) is 19.2 Å². The number of carbonyl (C=O) groups excluding carboxylic acids is 6. The highest BCUT2D eigenvalue weighted by atomic mass is 16.8. The molecule has 3 heterocycles. The molecule has 0 spiro atoms. The Balaban J connectivity index is 0.00000381. The lowest BCUT2D eigenvalue weighted by atomic mass is 9.86. The van der Waals surface area contributed by atoms with E-state index in [2.05, 4.69) is 46.6 Å². The molecule has 0 aliphatic carbocycles. The van der Waals surface area contributed by atoms with Gasteiger partial charge < -0.3 is 49.0 Å². The van der Waals surface area contributed by atoms with Crippen LogP contribution in [0, 0.1) is 11.3 Å². The number of aromatic nitrogens is 3. The fourth-order valence-electron chi connectivity index (χ4n) is 6.79. The fraction of sp³-hybridized carbons (Fsp3) is 0.833. The van der Waals surface area contributed by atoms with Crippen molar-refractivity contribution in [2.45, 2.75) is 191 Å². The van der Waals surface area contributed by atoms with Crippen LogP contribution in [0.15, 0.2) is 6.20 Å². The molecular formula is C48H87N9O11. The van der Waals surface area contributed by atoms with Gasteiger partial charge in [-0.1, -0.05) is 46.8 Å². The van der Waals surface area contributed by atoms with Crippen molar-refractivity contribution in [1.82, 2.24) is 45.2 Å². The van der Waals surface area contributed by atoms with E-state index < -0.39 is 70.3 Å². The van der Waals surface area contributed by atoms with Crippen molar-refractivity contribution < 1.29 is 52.5 Å². The molecule has 68 heavy (non-hydrogen) atoms. The number of hydrogen-bond acceptors (Lipinski definition) is 14. The molecule has 2 saturated heterocycles. The topological polar surface area (TPSA) is 216 Å². The Labute approximate surface area is 406 Å². The second-order valence-electron chi connectivity index (χ2n) is 22.7. The summed E-state index contributed by atoms with van der Waals surface area (Å²) in [6, 6.07) is -0.869. The SMILES string of the molecule is CC(C)(C)OC(=O)N1CCCN(C(=O)OC(C)(C)C)CCN(C(=O)OC(C)(C)C)CCCN(Cc2cn(CCCNC(=O)[C@@H](NC(=O)C[C@@H]3OC(C)(C)OC3=O)C(C)(C)C)nn2)CC1.CC(C)C. The summed E-state index contributed by atoms with van der Waals surface area (Å²) in [6.07, 6.45) is 0.616. The van der Waals surface area contributed by atoms with E-state index in [1.54, 1.807) is 54.0 Å². The van der Waals surface area contributed by atoms with E-state index >= 15 is 0 Å². The lowest BCUT2D eigenvalue weighted by Gasteiger charge is -2.33. The molecule has 0 aromatic carbocycles. The van der Waals surface area contributed by atoms with Gasteiger partial charge >= 0.3 is 24.2 Å². The zero-order chi connectivity index (χ0) is 51.8. The molecule has 2 aliphatic heterocycles. The Morgan fingerprint density at radius 2 is 1.19 bits per heavy atom. The van der Waals surface area contributed by atoms with Crippen LogP contribution >= 0.6 is 0 Å². The summed E-state index contributed by atoms with van der Waals surface area (Å²) in [7, 11) is 0. The van der Waals surface area contributed by atoms with Gasteiger partial charge in [0.15, 0.2) is 6.10 Å². The molecule has 0 radical (unpaired) electrons. The minimum atomic E-state index is -1.12. The average Bonchev–Trinajstić information content (AvgIpc) is 3.70. The monoisotopic (exact) mass is 966 g/mol. The number of amides is 5. The van der Waals surface area contributed by atoms with E-state index in [4.69, 9.17) is 23.7 Å². The molecule has 2 N–H and O–H groups in total. The number of rotatable bonds is 10. The summed E-state index contributed by atoms with van der Waals surface area (Å²) in [4.78, 5) is 85.6. The molecule has 1 aromatic heterocycles. The fourth-order valence-corrected chi connectivity index (χ4v) is 6.79. The molecule has 0 saturated carbocycles. The molecule has 0 unspecified atom stereocenters. The minimum absolute atomic E-state index is 0.207. The number of esters is 1. The van der Waals surface area contributed by atoms with Gasteiger partial charge in [-0.15, -0.1) is 5.10 Å². The largest absolute Gasteiger partial charge is 0.444 e. The zero-order valence-corrected chi connectivity index (χ0v) is 44.5. The summed E-state index contributed by atoms with van der Waals surface area (Å²) in [6.45, 7) is 35.4. The highest BCUT2D eigenvalue weighted by Gasteiger charge is 2.43. The van der Waals surface area contributed by atoms with Gasteiger partial charge in [0.2, 0.25) is 17.6 Å². The van der Waals surface area contributed by atoms with E-state index in [1.807, 2.05) is 68.5 Å². The second-order valence-corrected chi connectivity index (χ2v) is 22.7. The molecule has 3 rings (SSSR count). The maximum absolute atomic E-state index is 13.5. The smallest absolute Gasteiger partial charge is 0.410 e. The lowest BCUT2D eigenvalue weighted by Crippen LogP contribution is -2.54. The number of hydrogen-bond donors (Lipinski definition) is 2. The van der Waals surface area contributed by atoms with Crippen LogP contribution in [0.3, 0.4) is 0 Å². The third kappa shape index (κ3) is 24.0. The summed E-state index contributed by atoms with van der Waals surface area (Å²) in [5, 5.41) is 14.4. The van der Waals surface area contributed by atoms with Crippen LogP contribution < -0.4 is 10.6 Å². The van der Waals surface area contributed by atoms with Crippen LogP contribution in [0.2, 0.25) is 0 Å². The average molecular weight is 966 g/mol. The molecule has 5 amide bonds. The van der Waals surface area contributed by atoms with Crippen molar-refractivity contribution in [2.24, 2.45) is 11.3 Å². The molecule has 2 aliphatic rings. The lowest BCUT2D eigenvalue weighted by molar-refractivity contribution is -0.161. The van der Waals surface area contributed by atoms with Crippen LogP contribution in [0.25, 0.3) is 0 Å². The molecule has 390 valence electrons. The van der Waals surface area contributed by atoms with Gasteiger partial charge in [0.1, 0.15) is 22.8 Å². The molecule has 1 aromatic rings. The van der Waals surface area contributed by atoms with Crippen LogP contribution in [0.1, 0.15) is 149 Å². The standard InChI is InChI=1S/C44H77N9O11.C4H10/c1-40(2,3)34(46-33(54)28-32-36(56)61-44(13,14)60-32)35(55)45-18-15-23-53-30-31(47-48-53)29-49-19-16-20-51(38(58)63-42(7,8)9)26-27-52(39(59)64-43(10,11)12)22-17-21-50(25-24-49)37(57)62-41(4,5)6;1-4(2)3/h30,32,34H,15-29H2,1-14H3,(H,45,55)(H,46,54);4H,1-3H3/t32-,34+;/m0./s1. The molecule has 20 nitrogen and oxygen atoms in total. The predicted molar refractivity (Wildman–Crippen MR) is 257 cm³/mol. The molecule has 2 fully saturated rings. The number of cyclic esters (lactones) is 1. The van der Waals surface area contributed by atoms with E-state index in [0.717, 1.165) is 5.92 Å². The first kappa shape index (κ1) is 59.4. The first-order chi connectivity index (χ1) is 31.1. The highest BCUT2D eigenvalue weighted by Crippen LogP contribution is 2.26. The van der Waals surface area contributed by atoms with Crippen LogP contribution in [0.5, 0.6) is 0 Å². The maximum atomic E-state index is 13.5. The van der Waals surface area contributed by atoms with Crippen molar-refractivity contribution in [3.63, 3.8) is 0 Å². The summed E-state index contributed by atoms with van der Waals surface area (Å²) in [5.74, 6) is -1.77. The van der Waals surface area contributed by atoms with Crippen molar-refractivity contribution in [3.8, 4) is 0 Å². The Bertz CT molecular complexity index is 1790. The van der Waals surface area contributed by atoms with Gasteiger partial charge in [-0.25, -0.2) is 19.2 Å². The first-order valence-corrected chi connectivity index (χ1v) is 24.2. The number of nitrogens with zero attached hydrogens (tertiary/aromatic N) is 7. The molecule has 20 heteroatoms. The maximum Gasteiger partial charge on any atom is 0.410 e. The van der Waals surface area contributed by atoms with Gasteiger partial charge in [0.05, 0.1) is 12.1 Å². The number of carbonyl (C=O) groups is 6. The minimum Gasteiger partial charge on any atom is -0.444 e. The Morgan fingerprint density at radius 3 is 1.62 bits per heavy atom. The summed E-state index contributed by atoms with van der Waals surface area (Å²) >= 11 is 0. The van der Waals surface area contributed by atoms with E-state index in [9.17, 15) is 28.8 Å². The van der Waals surface area contributed by atoms with Crippen molar-refractivity contribution in [3.05, 3.63) is 11.9 Å². The highest BCUT2D eigenvalue weighted by molar-refractivity contribution is 5.90. The van der Waals surface area contributed by atoms with Crippen molar-refractivity contribution >= 4 is 36.1 Å². The molecule has 0 bridgehead atoms. The van der Waals surface area contributed by atoms with E-state index in [1.165, 1.54) is 0 Å².